The minimum absolute atomic E-state index is 0.251. The third-order valence-corrected chi connectivity index (χ3v) is 3.37. The molecule has 0 heterocycles. The molecule has 0 atom stereocenters. The molecule has 2 rings (SSSR count). The van der Waals surface area contributed by atoms with Crippen LogP contribution in [-0.2, 0) is 6.54 Å². The summed E-state index contributed by atoms with van der Waals surface area (Å²) >= 11 is 12.1. The predicted octanol–water partition coefficient (Wildman–Crippen LogP) is 4.30. The lowest BCUT2D eigenvalue weighted by Crippen LogP contribution is -2.02. The number of hydrogen-bond acceptors (Lipinski definition) is 2. The van der Waals surface area contributed by atoms with E-state index in [1.54, 1.807) is 42.5 Å². The van der Waals surface area contributed by atoms with Crippen LogP contribution in [0, 0.1) is 0 Å². The quantitative estimate of drug-likeness (QED) is 0.884. The molecule has 0 aromatic heterocycles. The Morgan fingerprint density at radius 1 is 1.05 bits per heavy atom. The first-order valence-corrected chi connectivity index (χ1v) is 6.33. The number of carbonyl (C=O) groups is 1. The number of anilines is 1. The van der Waals surface area contributed by atoms with Crippen LogP contribution >= 0.6 is 23.2 Å². The minimum atomic E-state index is -0.944. The lowest BCUT2D eigenvalue weighted by Gasteiger charge is -2.10. The first-order chi connectivity index (χ1) is 9.08. The maximum atomic E-state index is 10.7. The summed E-state index contributed by atoms with van der Waals surface area (Å²) in [5.41, 5.74) is 1.87. The van der Waals surface area contributed by atoms with Crippen LogP contribution in [0.15, 0.2) is 42.5 Å². The second-order valence-corrected chi connectivity index (χ2v) is 4.75. The molecule has 19 heavy (non-hydrogen) atoms. The Kier molecular flexibility index (Phi) is 4.30. The molecule has 0 amide bonds. The monoisotopic (exact) mass is 295 g/mol. The van der Waals surface area contributed by atoms with Crippen molar-refractivity contribution in [2.75, 3.05) is 5.32 Å². The summed E-state index contributed by atoms with van der Waals surface area (Å²) in [6, 6.07) is 11.8. The summed E-state index contributed by atoms with van der Waals surface area (Å²) in [5, 5.41) is 13.1. The highest BCUT2D eigenvalue weighted by Crippen LogP contribution is 2.25. The molecule has 2 aromatic rings. The molecule has 0 radical (unpaired) electrons. The second-order valence-electron chi connectivity index (χ2n) is 3.94. The zero-order valence-electron chi connectivity index (χ0n) is 9.86. The van der Waals surface area contributed by atoms with Crippen LogP contribution in [-0.4, -0.2) is 11.1 Å². The summed E-state index contributed by atoms with van der Waals surface area (Å²) in [4.78, 5) is 10.7. The van der Waals surface area contributed by atoms with E-state index < -0.39 is 5.97 Å². The molecule has 0 fully saturated rings. The average molecular weight is 296 g/mol. The van der Waals surface area contributed by atoms with E-state index in [4.69, 9.17) is 28.3 Å². The highest BCUT2D eigenvalue weighted by Gasteiger charge is 2.05. The number of nitrogens with one attached hydrogen (secondary N) is 1. The molecule has 0 aliphatic carbocycles. The van der Waals surface area contributed by atoms with Crippen LogP contribution in [0.25, 0.3) is 0 Å². The molecule has 0 aliphatic heterocycles. The van der Waals surface area contributed by atoms with Gasteiger partial charge in [0.1, 0.15) is 0 Å². The van der Waals surface area contributed by atoms with Gasteiger partial charge in [-0.05, 0) is 36.4 Å². The summed E-state index contributed by atoms with van der Waals surface area (Å²) in [7, 11) is 0. The smallest absolute Gasteiger partial charge is 0.335 e. The van der Waals surface area contributed by atoms with Crippen LogP contribution in [0.1, 0.15) is 15.9 Å². The largest absolute Gasteiger partial charge is 0.478 e. The molecule has 2 N–H and O–H groups in total. The highest BCUT2D eigenvalue weighted by atomic mass is 35.5. The molecular weight excluding hydrogens is 285 g/mol. The van der Waals surface area contributed by atoms with E-state index in [1.807, 2.05) is 0 Å². The molecule has 5 heteroatoms. The van der Waals surface area contributed by atoms with Gasteiger partial charge in [-0.1, -0.05) is 29.3 Å². The highest BCUT2D eigenvalue weighted by molar-refractivity contribution is 6.36. The van der Waals surface area contributed by atoms with Crippen molar-refractivity contribution in [3.05, 3.63) is 63.6 Å². The van der Waals surface area contributed by atoms with Crippen molar-refractivity contribution in [1.29, 1.82) is 0 Å². The molecule has 0 unspecified atom stereocenters. The van der Waals surface area contributed by atoms with E-state index in [9.17, 15) is 4.79 Å². The molecule has 98 valence electrons. The first-order valence-electron chi connectivity index (χ1n) is 5.58. The summed E-state index contributed by atoms with van der Waals surface area (Å²) < 4.78 is 0. The lowest BCUT2D eigenvalue weighted by molar-refractivity contribution is 0.0697. The van der Waals surface area contributed by atoms with Gasteiger partial charge in [-0.2, -0.15) is 0 Å². The normalized spacial score (nSPS) is 10.2. The van der Waals surface area contributed by atoms with Gasteiger partial charge in [-0.25, -0.2) is 4.79 Å². The van der Waals surface area contributed by atoms with E-state index in [0.29, 0.717) is 16.6 Å². The van der Waals surface area contributed by atoms with Crippen molar-refractivity contribution in [2.45, 2.75) is 6.54 Å². The van der Waals surface area contributed by atoms with Crippen molar-refractivity contribution >= 4 is 34.9 Å². The Bertz CT molecular complexity index is 577. The Morgan fingerprint density at radius 3 is 2.16 bits per heavy atom. The first kappa shape index (κ1) is 13.7. The van der Waals surface area contributed by atoms with E-state index in [2.05, 4.69) is 5.32 Å². The van der Waals surface area contributed by atoms with Crippen molar-refractivity contribution in [2.24, 2.45) is 0 Å². The van der Waals surface area contributed by atoms with Crippen molar-refractivity contribution in [1.82, 2.24) is 0 Å². The number of carboxylic acid groups (broad SMARTS) is 1. The molecule has 3 nitrogen and oxygen atoms in total. The zero-order valence-corrected chi connectivity index (χ0v) is 11.4. The fraction of sp³-hybridized carbons (Fsp3) is 0.0714. The third-order valence-electron chi connectivity index (χ3n) is 2.66. The summed E-state index contributed by atoms with van der Waals surface area (Å²) in [5.74, 6) is -0.944. The Morgan fingerprint density at radius 2 is 1.63 bits per heavy atom. The summed E-state index contributed by atoms with van der Waals surface area (Å²) in [6.45, 7) is 0.477. The SMILES string of the molecule is O=C(O)c1ccc(NCc2c(Cl)cccc2Cl)cc1. The number of aromatic carboxylic acids is 1. The maximum absolute atomic E-state index is 10.7. The van der Waals surface area contributed by atoms with Crippen LogP contribution in [0.3, 0.4) is 0 Å². The van der Waals surface area contributed by atoms with Gasteiger partial charge < -0.3 is 10.4 Å². The van der Waals surface area contributed by atoms with Crippen LogP contribution in [0.2, 0.25) is 10.0 Å². The fourth-order valence-corrected chi connectivity index (χ4v) is 2.15. The second kappa shape index (κ2) is 5.95. The van der Waals surface area contributed by atoms with Crippen molar-refractivity contribution in [3.63, 3.8) is 0 Å². The lowest BCUT2D eigenvalue weighted by atomic mass is 10.2. The van der Waals surface area contributed by atoms with Crippen molar-refractivity contribution < 1.29 is 9.90 Å². The predicted molar refractivity (Wildman–Crippen MR) is 77.2 cm³/mol. The van der Waals surface area contributed by atoms with E-state index in [-0.39, 0.29) is 5.56 Å². The number of carboxylic acids is 1. The zero-order chi connectivity index (χ0) is 13.8. The van der Waals surface area contributed by atoms with Crippen molar-refractivity contribution in [3.8, 4) is 0 Å². The number of halogens is 2. The van der Waals surface area contributed by atoms with Gasteiger partial charge in [0.15, 0.2) is 0 Å². The topological polar surface area (TPSA) is 49.3 Å². The Labute approximate surface area is 120 Å². The van der Waals surface area contributed by atoms with E-state index in [1.165, 1.54) is 0 Å². The van der Waals surface area contributed by atoms with E-state index >= 15 is 0 Å². The molecule has 0 aliphatic rings. The summed E-state index contributed by atoms with van der Waals surface area (Å²) in [6.07, 6.45) is 0. The Balaban J connectivity index is 2.08. The van der Waals surface area contributed by atoms with Gasteiger partial charge >= 0.3 is 5.97 Å². The fourth-order valence-electron chi connectivity index (χ4n) is 1.62. The van der Waals surface area contributed by atoms with E-state index in [0.717, 1.165) is 11.3 Å². The number of rotatable bonds is 4. The number of hydrogen-bond donors (Lipinski definition) is 2. The third kappa shape index (κ3) is 3.40. The van der Waals surface area contributed by atoms with Gasteiger partial charge in [0.05, 0.1) is 5.56 Å². The van der Waals surface area contributed by atoms with Crippen LogP contribution < -0.4 is 5.32 Å². The molecule has 0 saturated carbocycles. The number of benzene rings is 2. The molecule has 0 saturated heterocycles. The molecule has 0 bridgehead atoms. The molecular formula is C14H11Cl2NO2. The van der Waals surface area contributed by atoms with Crippen LogP contribution in [0.4, 0.5) is 5.69 Å². The van der Waals surface area contributed by atoms with Gasteiger partial charge in [0, 0.05) is 27.8 Å². The minimum Gasteiger partial charge on any atom is -0.478 e. The standard InChI is InChI=1S/C14H11Cl2NO2/c15-12-2-1-3-13(16)11(12)8-17-10-6-4-9(5-7-10)14(18)19/h1-7,17H,8H2,(H,18,19). The van der Waals surface area contributed by atoms with Crippen LogP contribution in [0.5, 0.6) is 0 Å². The average Bonchev–Trinajstić information content (AvgIpc) is 2.38. The molecule has 0 spiro atoms. The Hall–Kier alpha value is -1.71. The maximum Gasteiger partial charge on any atom is 0.335 e. The molecule has 2 aromatic carbocycles. The van der Waals surface area contributed by atoms with Gasteiger partial charge in [-0.15, -0.1) is 0 Å². The van der Waals surface area contributed by atoms with Gasteiger partial charge in [0.2, 0.25) is 0 Å². The van der Waals surface area contributed by atoms with Gasteiger partial charge in [-0.3, -0.25) is 0 Å². The van der Waals surface area contributed by atoms with Gasteiger partial charge in [0.25, 0.3) is 0 Å².